The first kappa shape index (κ1) is 31.5. The van der Waals surface area contributed by atoms with Crippen LogP contribution in [-0.4, -0.2) is 89.3 Å². The van der Waals surface area contributed by atoms with Gasteiger partial charge < -0.3 is 29.3 Å². The fourth-order valence-electron chi connectivity index (χ4n) is 7.10. The lowest BCUT2D eigenvalue weighted by molar-refractivity contribution is -0.155. The Hall–Kier alpha value is -2.43. The average molecular weight is 635 g/mol. The number of amides is 2. The summed E-state index contributed by atoms with van der Waals surface area (Å²) in [6.45, 7) is 15.7. The van der Waals surface area contributed by atoms with Gasteiger partial charge in [-0.3, -0.25) is 14.4 Å². The van der Waals surface area contributed by atoms with Crippen LogP contribution in [0.5, 0.6) is 0 Å². The highest BCUT2D eigenvalue weighted by Gasteiger charge is 2.77. The number of ether oxygens (including phenoxy) is 2. The molecule has 1 aromatic carbocycles. The van der Waals surface area contributed by atoms with Gasteiger partial charge in [0, 0.05) is 35.8 Å². The molecule has 3 heterocycles. The molecule has 226 valence electrons. The maximum absolute atomic E-state index is 14.7. The molecule has 2 amide bonds. The quantitative estimate of drug-likeness (QED) is 0.201. The van der Waals surface area contributed by atoms with E-state index in [9.17, 15) is 19.5 Å². The SMILES string of the molecule is C=CCN(C(=O)[C@@H]1N([C@@H](CO)CC(C)C)C(=O)[C@H]2[C@H](C(=O)OCC)[C@H]3O[C@@]12CC3Br)c1ccc(N(CC)CC)cc1. The van der Waals surface area contributed by atoms with E-state index in [4.69, 9.17) is 9.47 Å². The van der Waals surface area contributed by atoms with Crippen LogP contribution >= 0.6 is 15.9 Å². The van der Waals surface area contributed by atoms with E-state index in [1.54, 1.807) is 17.9 Å². The van der Waals surface area contributed by atoms with Crippen molar-refractivity contribution in [3.05, 3.63) is 36.9 Å². The molecule has 1 spiro atoms. The molecule has 0 aromatic heterocycles. The van der Waals surface area contributed by atoms with Gasteiger partial charge in [0.05, 0.1) is 37.2 Å². The van der Waals surface area contributed by atoms with Crippen molar-refractivity contribution in [1.29, 1.82) is 0 Å². The number of alkyl halides is 1. The number of esters is 1. The highest BCUT2D eigenvalue weighted by molar-refractivity contribution is 9.09. The molecule has 7 atom stereocenters. The summed E-state index contributed by atoms with van der Waals surface area (Å²) in [6.07, 6.45) is 1.96. The summed E-state index contributed by atoms with van der Waals surface area (Å²) in [5, 5.41) is 10.5. The van der Waals surface area contributed by atoms with Crippen molar-refractivity contribution in [3.8, 4) is 0 Å². The van der Waals surface area contributed by atoms with E-state index in [1.807, 2.05) is 38.1 Å². The van der Waals surface area contributed by atoms with E-state index < -0.39 is 41.6 Å². The molecule has 10 heteroatoms. The van der Waals surface area contributed by atoms with Crippen LogP contribution in [0.2, 0.25) is 0 Å². The molecule has 4 rings (SSSR count). The van der Waals surface area contributed by atoms with E-state index in [-0.39, 0.29) is 42.3 Å². The third kappa shape index (κ3) is 5.43. The summed E-state index contributed by atoms with van der Waals surface area (Å²) >= 11 is 3.69. The summed E-state index contributed by atoms with van der Waals surface area (Å²) in [7, 11) is 0. The monoisotopic (exact) mass is 633 g/mol. The number of benzene rings is 1. The Morgan fingerprint density at radius 3 is 2.39 bits per heavy atom. The van der Waals surface area contributed by atoms with Crippen LogP contribution in [-0.2, 0) is 23.9 Å². The fraction of sp³-hybridized carbons (Fsp3) is 0.645. The van der Waals surface area contributed by atoms with E-state index in [0.717, 1.165) is 18.8 Å². The van der Waals surface area contributed by atoms with E-state index in [2.05, 4.69) is 41.3 Å². The largest absolute Gasteiger partial charge is 0.466 e. The number of likely N-dealkylation sites (tertiary alicyclic amines) is 1. The number of carbonyl (C=O) groups excluding carboxylic acids is 3. The third-order valence-electron chi connectivity index (χ3n) is 8.74. The molecule has 41 heavy (non-hydrogen) atoms. The zero-order valence-electron chi connectivity index (χ0n) is 24.8. The normalized spacial score (nSPS) is 29.0. The van der Waals surface area contributed by atoms with Crippen molar-refractivity contribution in [2.24, 2.45) is 17.8 Å². The Labute approximate surface area is 252 Å². The number of rotatable bonds is 13. The van der Waals surface area contributed by atoms with Gasteiger partial charge >= 0.3 is 5.97 Å². The second-order valence-corrected chi connectivity index (χ2v) is 12.7. The minimum absolute atomic E-state index is 0.160. The summed E-state index contributed by atoms with van der Waals surface area (Å²) in [5.74, 6) is -2.68. The van der Waals surface area contributed by atoms with Crippen molar-refractivity contribution in [1.82, 2.24) is 4.90 Å². The lowest BCUT2D eigenvalue weighted by Crippen LogP contribution is -2.59. The molecule has 0 radical (unpaired) electrons. The van der Waals surface area contributed by atoms with Gasteiger partial charge in [0.25, 0.3) is 5.91 Å². The molecule has 1 aromatic rings. The van der Waals surface area contributed by atoms with Gasteiger partial charge in [-0.25, -0.2) is 0 Å². The third-order valence-corrected chi connectivity index (χ3v) is 9.58. The predicted molar refractivity (Wildman–Crippen MR) is 162 cm³/mol. The first-order chi connectivity index (χ1) is 19.6. The van der Waals surface area contributed by atoms with Gasteiger partial charge in [0.1, 0.15) is 11.6 Å². The molecule has 1 N–H and O–H groups in total. The van der Waals surface area contributed by atoms with Crippen molar-refractivity contribution < 1.29 is 29.0 Å². The molecule has 0 aliphatic carbocycles. The van der Waals surface area contributed by atoms with Crippen LogP contribution in [0.25, 0.3) is 0 Å². The Morgan fingerprint density at radius 2 is 1.85 bits per heavy atom. The minimum atomic E-state index is -1.23. The molecule has 3 saturated heterocycles. The maximum Gasteiger partial charge on any atom is 0.312 e. The number of hydrogen-bond acceptors (Lipinski definition) is 7. The number of nitrogens with zero attached hydrogens (tertiary/aromatic N) is 3. The second kappa shape index (κ2) is 12.8. The van der Waals surface area contributed by atoms with E-state index in [0.29, 0.717) is 18.5 Å². The Balaban J connectivity index is 1.81. The smallest absolute Gasteiger partial charge is 0.312 e. The lowest BCUT2D eigenvalue weighted by Gasteiger charge is -2.40. The zero-order chi connectivity index (χ0) is 30.1. The van der Waals surface area contributed by atoms with Crippen molar-refractivity contribution in [2.45, 2.75) is 76.1 Å². The molecular weight excluding hydrogens is 590 g/mol. The lowest BCUT2D eigenvalue weighted by atomic mass is 9.70. The summed E-state index contributed by atoms with van der Waals surface area (Å²) in [5.41, 5.74) is 0.498. The van der Waals surface area contributed by atoms with Gasteiger partial charge in [-0.1, -0.05) is 35.9 Å². The number of carbonyl (C=O) groups is 3. The predicted octanol–water partition coefficient (Wildman–Crippen LogP) is 3.77. The maximum atomic E-state index is 14.7. The number of aliphatic hydroxyl groups excluding tert-OH is 1. The van der Waals surface area contributed by atoms with Crippen LogP contribution in [0.4, 0.5) is 11.4 Å². The highest BCUT2D eigenvalue weighted by Crippen LogP contribution is 2.61. The highest BCUT2D eigenvalue weighted by atomic mass is 79.9. The van der Waals surface area contributed by atoms with E-state index in [1.165, 1.54) is 4.90 Å². The first-order valence-corrected chi connectivity index (χ1v) is 15.7. The van der Waals surface area contributed by atoms with Crippen molar-refractivity contribution >= 4 is 45.1 Å². The Bertz CT molecular complexity index is 1130. The van der Waals surface area contributed by atoms with Gasteiger partial charge in [-0.05, 0) is 63.8 Å². The summed E-state index contributed by atoms with van der Waals surface area (Å²) in [6, 6.07) is 6.16. The van der Waals surface area contributed by atoms with Gasteiger partial charge in [0.15, 0.2) is 0 Å². The number of halogens is 1. The zero-order valence-corrected chi connectivity index (χ0v) is 26.4. The van der Waals surface area contributed by atoms with Crippen molar-refractivity contribution in [3.63, 3.8) is 0 Å². The number of fused-ring (bicyclic) bond motifs is 1. The molecule has 3 aliphatic rings. The van der Waals surface area contributed by atoms with Crippen LogP contribution in [0.15, 0.2) is 36.9 Å². The topological polar surface area (TPSA) is 99.6 Å². The van der Waals surface area contributed by atoms with Gasteiger partial charge in [0.2, 0.25) is 5.91 Å². The number of hydrogen-bond donors (Lipinski definition) is 1. The molecule has 0 saturated carbocycles. The van der Waals surface area contributed by atoms with Gasteiger partial charge in [-0.15, -0.1) is 6.58 Å². The second-order valence-electron chi connectivity index (χ2n) is 11.6. The number of anilines is 2. The van der Waals surface area contributed by atoms with Crippen LogP contribution < -0.4 is 9.80 Å². The fourth-order valence-corrected chi connectivity index (χ4v) is 8.04. The molecule has 3 fully saturated rings. The molecule has 3 aliphatic heterocycles. The minimum Gasteiger partial charge on any atom is -0.466 e. The molecule has 2 bridgehead atoms. The summed E-state index contributed by atoms with van der Waals surface area (Å²) in [4.78, 5) is 47.4. The molecule has 1 unspecified atom stereocenters. The Kier molecular flexibility index (Phi) is 9.86. The molecule has 9 nitrogen and oxygen atoms in total. The summed E-state index contributed by atoms with van der Waals surface area (Å²) < 4.78 is 12.0. The van der Waals surface area contributed by atoms with Crippen LogP contribution in [0, 0.1) is 17.8 Å². The van der Waals surface area contributed by atoms with E-state index >= 15 is 0 Å². The first-order valence-electron chi connectivity index (χ1n) is 14.8. The van der Waals surface area contributed by atoms with Gasteiger partial charge in [-0.2, -0.15) is 0 Å². The molecular formula is C31H44BrN3O6. The van der Waals surface area contributed by atoms with Crippen LogP contribution in [0.1, 0.15) is 47.5 Å². The number of aliphatic hydroxyl groups is 1. The Morgan fingerprint density at radius 1 is 1.22 bits per heavy atom. The van der Waals surface area contributed by atoms with Crippen LogP contribution in [0.3, 0.4) is 0 Å². The average Bonchev–Trinajstić information content (AvgIpc) is 3.54. The standard InChI is InChI=1S/C31H44BrN3O6/c1-7-15-34(21-13-11-20(12-14-21)33(8-2)9-3)29(38)27-31-17-23(32)26(41-31)24(30(39)40-10-4)25(31)28(37)35(27)22(18-36)16-19(5)6/h7,11-14,19,22-27,36H,1,8-10,15-18H2,2-6H3/t22-,23?,24+,25-,26+,27+,31-/m1/s1. The van der Waals surface area contributed by atoms with Crippen molar-refractivity contribution in [2.75, 3.05) is 42.6 Å².